The number of Topliss-reactive ketones (excluding diaryl/α,β-unsaturated/α-hetero) is 1. The highest BCUT2D eigenvalue weighted by atomic mass is 16.4. The Morgan fingerprint density at radius 3 is 1.24 bits per heavy atom. The predicted octanol–water partition coefficient (Wildman–Crippen LogP) is 0.0788. The van der Waals surface area contributed by atoms with Gasteiger partial charge in [-0.2, -0.15) is 0 Å². The smallest absolute Gasteiger partial charge is 0.300 e. The number of amides is 1. The molecule has 9 nitrogen and oxygen atoms in total. The van der Waals surface area contributed by atoms with Gasteiger partial charge < -0.3 is 20.2 Å². The van der Waals surface area contributed by atoms with E-state index in [-0.39, 0.29) is 24.2 Å². The van der Waals surface area contributed by atoms with Crippen molar-refractivity contribution in [3.8, 4) is 0 Å². The van der Waals surface area contributed by atoms with Gasteiger partial charge in [0.05, 0.1) is 12.5 Å². The standard InChI is InChI=1S/C6H9NO2.3C2H4O2/c1-4-5(8)3-6(9)7(4)2;3*1-2(3)4/h4H,3H2,1-2H3;3*1H3,(H,3,4). The summed E-state index contributed by atoms with van der Waals surface area (Å²) in [6.45, 7) is 4.99. The van der Waals surface area contributed by atoms with Crippen LogP contribution in [0.25, 0.3) is 0 Å². The largest absolute Gasteiger partial charge is 0.481 e. The topological polar surface area (TPSA) is 149 Å². The van der Waals surface area contributed by atoms with Crippen LogP contribution in [-0.2, 0) is 24.0 Å². The van der Waals surface area contributed by atoms with Crippen molar-refractivity contribution in [1.82, 2.24) is 4.90 Å². The number of carboxylic acids is 3. The molecule has 1 fully saturated rings. The maximum atomic E-state index is 10.7. The first-order valence-corrected chi connectivity index (χ1v) is 5.69. The molecule has 0 aromatic heterocycles. The second-order valence-electron chi connectivity index (χ2n) is 3.88. The Morgan fingerprint density at radius 2 is 1.19 bits per heavy atom. The Kier molecular flexibility index (Phi) is 14.2. The summed E-state index contributed by atoms with van der Waals surface area (Å²) < 4.78 is 0. The van der Waals surface area contributed by atoms with Gasteiger partial charge in [-0.15, -0.1) is 0 Å². The summed E-state index contributed by atoms with van der Waals surface area (Å²) in [5, 5.41) is 22.2. The van der Waals surface area contributed by atoms with Crippen molar-refractivity contribution in [2.75, 3.05) is 7.05 Å². The minimum atomic E-state index is -0.833. The Labute approximate surface area is 122 Å². The molecule has 1 rings (SSSR count). The van der Waals surface area contributed by atoms with Crippen LogP contribution in [0.1, 0.15) is 34.1 Å². The quantitative estimate of drug-likeness (QED) is 0.532. The molecule has 0 aliphatic carbocycles. The van der Waals surface area contributed by atoms with Crippen LogP contribution in [0.5, 0.6) is 0 Å². The van der Waals surface area contributed by atoms with E-state index in [4.69, 9.17) is 29.7 Å². The number of rotatable bonds is 0. The number of carbonyl (C=O) groups excluding carboxylic acids is 2. The number of carbonyl (C=O) groups is 5. The van der Waals surface area contributed by atoms with Crippen LogP contribution < -0.4 is 0 Å². The van der Waals surface area contributed by atoms with E-state index in [0.717, 1.165) is 20.8 Å². The van der Waals surface area contributed by atoms with Crippen molar-refractivity contribution in [3.63, 3.8) is 0 Å². The van der Waals surface area contributed by atoms with Gasteiger partial charge in [-0.25, -0.2) is 0 Å². The molecule has 3 N–H and O–H groups in total. The predicted molar refractivity (Wildman–Crippen MR) is 71.8 cm³/mol. The summed E-state index contributed by atoms with van der Waals surface area (Å²) in [7, 11) is 1.65. The first-order chi connectivity index (χ1) is 9.32. The number of likely N-dealkylation sites (tertiary alicyclic amines) is 1. The summed E-state index contributed by atoms with van der Waals surface area (Å²) in [5.41, 5.74) is 0. The van der Waals surface area contributed by atoms with E-state index in [1.165, 1.54) is 4.90 Å². The van der Waals surface area contributed by atoms with Gasteiger partial charge in [0.2, 0.25) is 5.91 Å². The number of hydrogen-bond donors (Lipinski definition) is 3. The third kappa shape index (κ3) is 23.1. The fourth-order valence-electron chi connectivity index (χ4n) is 0.853. The van der Waals surface area contributed by atoms with E-state index < -0.39 is 17.9 Å². The Balaban J connectivity index is -0.000000230. The molecular weight excluding hydrogens is 286 g/mol. The molecule has 1 atom stereocenters. The number of hydrogen-bond acceptors (Lipinski definition) is 5. The van der Waals surface area contributed by atoms with E-state index in [1.54, 1.807) is 14.0 Å². The van der Waals surface area contributed by atoms with Gasteiger partial charge in [-0.3, -0.25) is 24.0 Å². The van der Waals surface area contributed by atoms with E-state index in [9.17, 15) is 9.59 Å². The zero-order valence-electron chi connectivity index (χ0n) is 12.6. The maximum Gasteiger partial charge on any atom is 0.300 e. The van der Waals surface area contributed by atoms with Gasteiger partial charge in [0.1, 0.15) is 0 Å². The molecule has 9 heteroatoms. The van der Waals surface area contributed by atoms with Crippen LogP contribution in [-0.4, -0.2) is 62.9 Å². The zero-order chi connectivity index (χ0) is 17.7. The second-order valence-corrected chi connectivity index (χ2v) is 3.88. The summed E-state index contributed by atoms with van der Waals surface area (Å²) in [6, 6.07) is -0.197. The van der Waals surface area contributed by atoms with Gasteiger partial charge >= 0.3 is 0 Å². The van der Waals surface area contributed by atoms with Gasteiger partial charge in [-0.05, 0) is 6.92 Å². The lowest BCUT2D eigenvalue weighted by Gasteiger charge is -2.11. The van der Waals surface area contributed by atoms with Crippen LogP contribution in [0, 0.1) is 0 Å². The highest BCUT2D eigenvalue weighted by molar-refractivity contribution is 6.07. The summed E-state index contributed by atoms with van der Waals surface area (Å²) >= 11 is 0. The molecule has 1 aliphatic rings. The molecule has 0 bridgehead atoms. The first kappa shape index (κ1) is 23.6. The molecule has 122 valence electrons. The monoisotopic (exact) mass is 307 g/mol. The summed E-state index contributed by atoms with van der Waals surface area (Å²) in [6.07, 6.45) is 0.0949. The molecule has 1 amide bonds. The van der Waals surface area contributed by atoms with Crippen LogP contribution in [0.3, 0.4) is 0 Å². The average Bonchev–Trinajstić information content (AvgIpc) is 2.43. The fourth-order valence-corrected chi connectivity index (χ4v) is 0.853. The summed E-state index contributed by atoms with van der Waals surface area (Å²) in [4.78, 5) is 49.9. The van der Waals surface area contributed by atoms with Gasteiger partial charge in [0.15, 0.2) is 5.78 Å². The number of ketones is 1. The lowest BCUT2D eigenvalue weighted by atomic mass is 10.2. The Bertz CT molecular complexity index is 332. The Hall–Kier alpha value is -2.45. The molecular formula is C12H21NO8. The van der Waals surface area contributed by atoms with Gasteiger partial charge in [0, 0.05) is 27.8 Å². The lowest BCUT2D eigenvalue weighted by Crippen LogP contribution is -2.28. The third-order valence-corrected chi connectivity index (χ3v) is 1.77. The van der Waals surface area contributed by atoms with Crippen LogP contribution in [0.2, 0.25) is 0 Å². The SMILES string of the molecule is CC(=O)O.CC(=O)O.CC(=O)O.CC1C(=O)CC(=O)N1C. The zero-order valence-corrected chi connectivity index (χ0v) is 12.6. The minimum Gasteiger partial charge on any atom is -0.481 e. The van der Waals surface area contributed by atoms with E-state index in [2.05, 4.69) is 0 Å². The van der Waals surface area contributed by atoms with E-state index in [1.807, 2.05) is 0 Å². The van der Waals surface area contributed by atoms with Crippen LogP contribution >= 0.6 is 0 Å². The minimum absolute atomic E-state index is 0.0301. The van der Waals surface area contributed by atoms with Gasteiger partial charge in [-0.1, -0.05) is 0 Å². The van der Waals surface area contributed by atoms with Crippen molar-refractivity contribution in [1.29, 1.82) is 0 Å². The molecule has 1 saturated heterocycles. The molecule has 0 aromatic rings. The highest BCUT2D eigenvalue weighted by Gasteiger charge is 2.31. The molecule has 21 heavy (non-hydrogen) atoms. The number of carboxylic acid groups (broad SMARTS) is 3. The molecule has 0 radical (unpaired) electrons. The van der Waals surface area contributed by atoms with Crippen molar-refractivity contribution in [2.24, 2.45) is 0 Å². The van der Waals surface area contributed by atoms with Crippen molar-refractivity contribution in [3.05, 3.63) is 0 Å². The van der Waals surface area contributed by atoms with Crippen molar-refractivity contribution in [2.45, 2.75) is 40.2 Å². The van der Waals surface area contributed by atoms with E-state index >= 15 is 0 Å². The number of nitrogens with zero attached hydrogens (tertiary/aromatic N) is 1. The molecule has 1 unspecified atom stereocenters. The van der Waals surface area contributed by atoms with Gasteiger partial charge in [0.25, 0.3) is 17.9 Å². The molecule has 1 heterocycles. The van der Waals surface area contributed by atoms with Crippen molar-refractivity contribution < 1.29 is 39.3 Å². The highest BCUT2D eigenvalue weighted by Crippen LogP contribution is 2.10. The second kappa shape index (κ2) is 12.6. The Morgan fingerprint density at radius 1 is 0.952 bits per heavy atom. The van der Waals surface area contributed by atoms with E-state index in [0.29, 0.717) is 0 Å². The van der Waals surface area contributed by atoms with Crippen LogP contribution in [0.15, 0.2) is 0 Å². The number of likely N-dealkylation sites (N-methyl/N-ethyl adjacent to an activating group) is 1. The number of aliphatic carboxylic acids is 3. The molecule has 0 saturated carbocycles. The molecule has 0 spiro atoms. The molecule has 1 aliphatic heterocycles. The fraction of sp³-hybridized carbons (Fsp3) is 0.583. The maximum absolute atomic E-state index is 10.7. The van der Waals surface area contributed by atoms with Crippen LogP contribution in [0.4, 0.5) is 0 Å². The molecule has 0 aromatic carbocycles. The average molecular weight is 307 g/mol. The van der Waals surface area contributed by atoms with Crippen molar-refractivity contribution >= 4 is 29.6 Å². The third-order valence-electron chi connectivity index (χ3n) is 1.77. The summed E-state index contributed by atoms with van der Waals surface area (Å²) in [5.74, 6) is -2.53. The lowest BCUT2D eigenvalue weighted by molar-refractivity contribution is -0.135. The first-order valence-electron chi connectivity index (χ1n) is 5.69. The normalized spacial score (nSPS) is 15.5.